The Balaban J connectivity index is 1.44. The van der Waals surface area contributed by atoms with E-state index in [0.717, 1.165) is 24.2 Å². The van der Waals surface area contributed by atoms with Crippen molar-refractivity contribution in [2.45, 2.75) is 19.8 Å². The van der Waals surface area contributed by atoms with E-state index < -0.39 is 0 Å². The van der Waals surface area contributed by atoms with Gasteiger partial charge in [-0.05, 0) is 71.3 Å². The Morgan fingerprint density at radius 2 is 0.862 bits per heavy atom. The van der Waals surface area contributed by atoms with Gasteiger partial charge in [0.05, 0.1) is 0 Å². The van der Waals surface area contributed by atoms with Crippen LogP contribution in [0.15, 0.2) is 91.0 Å². The van der Waals surface area contributed by atoms with E-state index in [1.54, 1.807) is 6.07 Å². The molecule has 0 unspecified atom stereocenters. The average molecular weight is 379 g/mol. The third-order valence-electron chi connectivity index (χ3n) is 5.30. The van der Waals surface area contributed by atoms with Gasteiger partial charge >= 0.3 is 0 Å². The summed E-state index contributed by atoms with van der Waals surface area (Å²) in [5.74, 6) is 0. The molecule has 4 N–H and O–H groups in total. The summed E-state index contributed by atoms with van der Waals surface area (Å²) in [6.45, 7) is 2.11. The van der Waals surface area contributed by atoms with Crippen molar-refractivity contribution in [3.8, 4) is 22.3 Å². The zero-order valence-corrected chi connectivity index (χ0v) is 16.7. The molecule has 2 nitrogen and oxygen atoms in total. The van der Waals surface area contributed by atoms with Crippen molar-refractivity contribution in [3.05, 3.63) is 108 Å². The first kappa shape index (κ1) is 18.8. The minimum atomic E-state index is 0.726. The number of benzene rings is 4. The van der Waals surface area contributed by atoms with E-state index in [4.69, 9.17) is 11.5 Å². The molecule has 0 amide bonds. The number of anilines is 2. The predicted molar refractivity (Wildman–Crippen MR) is 125 cm³/mol. The van der Waals surface area contributed by atoms with Gasteiger partial charge < -0.3 is 11.5 Å². The van der Waals surface area contributed by atoms with Crippen LogP contribution in [0.1, 0.15) is 16.7 Å². The zero-order valence-electron chi connectivity index (χ0n) is 16.7. The van der Waals surface area contributed by atoms with Crippen LogP contribution in [0.3, 0.4) is 0 Å². The number of hydrogen-bond donors (Lipinski definition) is 2. The highest BCUT2D eigenvalue weighted by Gasteiger charge is 2.03. The lowest BCUT2D eigenvalue weighted by Gasteiger charge is -2.08. The molecule has 0 bridgehead atoms. The predicted octanol–water partition coefficient (Wildman–Crippen LogP) is 6.28. The molecular weight excluding hydrogens is 352 g/mol. The number of hydrogen-bond acceptors (Lipinski definition) is 2. The van der Waals surface area contributed by atoms with Gasteiger partial charge in [-0.15, -0.1) is 0 Å². The van der Waals surface area contributed by atoms with Gasteiger partial charge in [0.1, 0.15) is 0 Å². The fraction of sp³-hybridized carbons (Fsp3) is 0.111. The zero-order chi connectivity index (χ0) is 20.2. The van der Waals surface area contributed by atoms with Crippen LogP contribution in [0, 0.1) is 6.92 Å². The summed E-state index contributed by atoms with van der Waals surface area (Å²) >= 11 is 0. The molecule has 0 spiro atoms. The van der Waals surface area contributed by atoms with Gasteiger partial charge in [-0.2, -0.15) is 0 Å². The van der Waals surface area contributed by atoms with Crippen LogP contribution < -0.4 is 11.5 Å². The van der Waals surface area contributed by atoms with Gasteiger partial charge in [-0.25, -0.2) is 0 Å². The molecule has 0 aliphatic carbocycles. The molecule has 0 saturated carbocycles. The highest BCUT2D eigenvalue weighted by molar-refractivity contribution is 5.70. The van der Waals surface area contributed by atoms with Gasteiger partial charge in [0.25, 0.3) is 0 Å². The van der Waals surface area contributed by atoms with Crippen molar-refractivity contribution in [3.63, 3.8) is 0 Å². The van der Waals surface area contributed by atoms with E-state index >= 15 is 0 Å². The van der Waals surface area contributed by atoms with E-state index in [1.165, 1.54) is 38.9 Å². The molecule has 2 heteroatoms. The van der Waals surface area contributed by atoms with Gasteiger partial charge in [-0.3, -0.25) is 0 Å². The summed E-state index contributed by atoms with van der Waals surface area (Å²) in [5.41, 5.74) is 22.0. The molecule has 0 atom stereocenters. The average Bonchev–Trinajstić information content (AvgIpc) is 2.73. The smallest absolute Gasteiger partial charge is 0.0337 e. The van der Waals surface area contributed by atoms with Crippen molar-refractivity contribution in [2.24, 2.45) is 0 Å². The number of nitrogen functional groups attached to an aromatic ring is 2. The molecule has 0 saturated heterocycles. The number of aryl methyl sites for hydroxylation is 3. The molecule has 4 aromatic rings. The van der Waals surface area contributed by atoms with Crippen LogP contribution >= 0.6 is 0 Å². The van der Waals surface area contributed by atoms with E-state index in [-0.39, 0.29) is 0 Å². The maximum absolute atomic E-state index is 5.89. The lowest BCUT2D eigenvalue weighted by molar-refractivity contribution is 0.961. The molecule has 0 radical (unpaired) electrons. The molecule has 0 heterocycles. The number of rotatable bonds is 5. The van der Waals surface area contributed by atoms with Crippen LogP contribution in [-0.2, 0) is 12.8 Å². The molecule has 4 aromatic carbocycles. The topological polar surface area (TPSA) is 52.0 Å². The minimum Gasteiger partial charge on any atom is -0.399 e. The van der Waals surface area contributed by atoms with Gasteiger partial charge in [0.15, 0.2) is 0 Å². The number of nitrogens with two attached hydrogens (primary N) is 2. The second-order valence-electron chi connectivity index (χ2n) is 7.65. The summed E-state index contributed by atoms with van der Waals surface area (Å²) in [6, 6.07) is 32.0. The quantitative estimate of drug-likeness (QED) is 0.402. The molecular formula is C27H26N2. The van der Waals surface area contributed by atoms with Crippen molar-refractivity contribution < 1.29 is 0 Å². The summed E-state index contributed by atoms with van der Waals surface area (Å²) in [5, 5.41) is 0. The van der Waals surface area contributed by atoms with Crippen LogP contribution in [0.2, 0.25) is 0 Å². The highest BCUT2D eigenvalue weighted by atomic mass is 14.6. The van der Waals surface area contributed by atoms with Gasteiger partial charge in [0, 0.05) is 11.4 Å². The van der Waals surface area contributed by atoms with Crippen LogP contribution in [0.4, 0.5) is 11.4 Å². The summed E-state index contributed by atoms with van der Waals surface area (Å²) in [6.07, 6.45) is 1.90. The van der Waals surface area contributed by atoms with Crippen LogP contribution in [-0.4, -0.2) is 0 Å². The molecule has 29 heavy (non-hydrogen) atoms. The summed E-state index contributed by atoms with van der Waals surface area (Å²) < 4.78 is 0. The first-order chi connectivity index (χ1) is 14.1. The monoisotopic (exact) mass is 378 g/mol. The first-order valence-corrected chi connectivity index (χ1v) is 9.98. The van der Waals surface area contributed by atoms with E-state index in [0.29, 0.717) is 0 Å². The Hall–Kier alpha value is -3.52. The normalized spacial score (nSPS) is 10.8. The van der Waals surface area contributed by atoms with Crippen LogP contribution in [0.5, 0.6) is 0 Å². The lowest BCUT2D eigenvalue weighted by atomic mass is 9.98. The van der Waals surface area contributed by atoms with E-state index in [2.05, 4.69) is 79.7 Å². The van der Waals surface area contributed by atoms with Gasteiger partial charge in [0.2, 0.25) is 0 Å². The molecule has 144 valence electrons. The Labute approximate surface area is 172 Å². The SMILES string of the molecule is Cc1ccc(-c2ccc(-c3ccc(CCc4cc(N)cc(N)c4)cc3)cc2)cc1. The molecule has 4 rings (SSSR count). The second-order valence-corrected chi connectivity index (χ2v) is 7.65. The fourth-order valence-electron chi connectivity index (χ4n) is 3.64. The maximum Gasteiger partial charge on any atom is 0.0337 e. The van der Waals surface area contributed by atoms with E-state index in [1.807, 2.05) is 12.1 Å². The first-order valence-electron chi connectivity index (χ1n) is 9.98. The van der Waals surface area contributed by atoms with Crippen molar-refractivity contribution in [1.82, 2.24) is 0 Å². The van der Waals surface area contributed by atoms with Gasteiger partial charge in [-0.1, -0.05) is 78.4 Å². The second kappa shape index (κ2) is 8.24. The third kappa shape index (κ3) is 4.67. The van der Waals surface area contributed by atoms with E-state index in [9.17, 15) is 0 Å². The Morgan fingerprint density at radius 3 is 1.34 bits per heavy atom. The Kier molecular flexibility index (Phi) is 5.35. The largest absolute Gasteiger partial charge is 0.399 e. The molecule has 0 fully saturated rings. The summed E-state index contributed by atoms with van der Waals surface area (Å²) in [7, 11) is 0. The lowest BCUT2D eigenvalue weighted by Crippen LogP contribution is -1.96. The van der Waals surface area contributed by atoms with Crippen molar-refractivity contribution in [1.29, 1.82) is 0 Å². The van der Waals surface area contributed by atoms with Crippen molar-refractivity contribution in [2.75, 3.05) is 11.5 Å². The van der Waals surface area contributed by atoms with Crippen LogP contribution in [0.25, 0.3) is 22.3 Å². The Bertz CT molecular complexity index is 1070. The highest BCUT2D eigenvalue weighted by Crippen LogP contribution is 2.26. The van der Waals surface area contributed by atoms with Crippen molar-refractivity contribution >= 4 is 11.4 Å². The Morgan fingerprint density at radius 1 is 0.483 bits per heavy atom. The minimum absolute atomic E-state index is 0.726. The fourth-order valence-corrected chi connectivity index (χ4v) is 3.64. The standard InChI is InChI=1S/C27H26N2/c1-19-2-8-22(9-3-19)24-12-14-25(15-13-24)23-10-6-20(7-11-23)4-5-21-16-26(28)18-27(29)17-21/h2-3,6-18H,4-5,28-29H2,1H3. The molecule has 0 aromatic heterocycles. The third-order valence-corrected chi connectivity index (χ3v) is 5.30. The maximum atomic E-state index is 5.89. The molecule has 0 aliphatic heterocycles. The summed E-state index contributed by atoms with van der Waals surface area (Å²) in [4.78, 5) is 0. The molecule has 0 aliphatic rings.